The Morgan fingerprint density at radius 1 is 1.20 bits per heavy atom. The average Bonchev–Trinajstić information content (AvgIpc) is 2.44. The Hall–Kier alpha value is -1.64. The van der Waals surface area contributed by atoms with Gasteiger partial charge in [0.25, 0.3) is 0 Å². The lowest BCUT2D eigenvalue weighted by Gasteiger charge is -2.22. The highest BCUT2D eigenvalue weighted by Crippen LogP contribution is 2.22. The summed E-state index contributed by atoms with van der Waals surface area (Å²) in [6.07, 6.45) is 2.99. The third-order valence-corrected chi connectivity index (χ3v) is 3.37. The molecular formula is C17H25NO2. The van der Waals surface area contributed by atoms with Gasteiger partial charge in [0.15, 0.2) is 0 Å². The van der Waals surface area contributed by atoms with Crippen LogP contribution in [0, 0.1) is 5.92 Å². The summed E-state index contributed by atoms with van der Waals surface area (Å²) in [7, 11) is 1.78. The molecule has 0 spiro atoms. The van der Waals surface area contributed by atoms with Gasteiger partial charge >= 0.3 is 0 Å². The highest BCUT2D eigenvalue weighted by atomic mass is 16.2. The lowest BCUT2D eigenvalue weighted by atomic mass is 10.0. The lowest BCUT2D eigenvalue weighted by Crippen LogP contribution is -2.31. The van der Waals surface area contributed by atoms with Crippen molar-refractivity contribution in [2.45, 2.75) is 46.5 Å². The van der Waals surface area contributed by atoms with Crippen LogP contribution in [0.5, 0.6) is 0 Å². The number of hydrogen-bond donors (Lipinski definition) is 0. The molecule has 0 N–H and O–H groups in total. The molecule has 3 heteroatoms. The summed E-state index contributed by atoms with van der Waals surface area (Å²) in [5.41, 5.74) is 1.78. The molecule has 0 aliphatic carbocycles. The molecule has 0 aromatic heterocycles. The van der Waals surface area contributed by atoms with Crippen LogP contribution < -0.4 is 4.90 Å². The summed E-state index contributed by atoms with van der Waals surface area (Å²) < 4.78 is 0. The van der Waals surface area contributed by atoms with E-state index in [4.69, 9.17) is 0 Å². The Labute approximate surface area is 122 Å². The molecule has 0 aliphatic rings. The molecule has 1 amide bonds. The quantitative estimate of drug-likeness (QED) is 0.762. The molecule has 0 saturated heterocycles. The van der Waals surface area contributed by atoms with Gasteiger partial charge in [0.1, 0.15) is 5.78 Å². The van der Waals surface area contributed by atoms with Gasteiger partial charge in [0.05, 0.1) is 0 Å². The first kappa shape index (κ1) is 16.4. The van der Waals surface area contributed by atoms with Gasteiger partial charge < -0.3 is 4.90 Å². The van der Waals surface area contributed by atoms with E-state index >= 15 is 0 Å². The van der Waals surface area contributed by atoms with Gasteiger partial charge in [0, 0.05) is 31.5 Å². The molecule has 0 bridgehead atoms. The third kappa shape index (κ3) is 4.48. The number of unbranched alkanes of at least 4 members (excludes halogenated alkanes) is 1. The molecule has 1 aromatic carbocycles. The van der Waals surface area contributed by atoms with E-state index < -0.39 is 0 Å². The number of para-hydroxylation sites is 1. The number of carbonyl (C=O) groups is 2. The predicted octanol–water partition coefficient (Wildman–Crippen LogP) is 3.61. The summed E-state index contributed by atoms with van der Waals surface area (Å²) in [6, 6.07) is 7.66. The van der Waals surface area contributed by atoms with E-state index in [2.05, 4.69) is 6.92 Å². The Balaban J connectivity index is 2.88. The first-order valence-corrected chi connectivity index (χ1v) is 7.34. The van der Waals surface area contributed by atoms with Crippen molar-refractivity contribution < 1.29 is 9.59 Å². The van der Waals surface area contributed by atoms with Gasteiger partial charge in [-0.25, -0.2) is 0 Å². The molecule has 0 unspecified atom stereocenters. The minimum absolute atomic E-state index is 0.0520. The monoisotopic (exact) mass is 275 g/mol. The number of amides is 1. The minimum atomic E-state index is -0.0520. The van der Waals surface area contributed by atoms with Crippen LogP contribution in [0.2, 0.25) is 0 Å². The fourth-order valence-electron chi connectivity index (χ4n) is 2.17. The third-order valence-electron chi connectivity index (χ3n) is 3.37. The number of carbonyl (C=O) groups excluding carboxylic acids is 2. The van der Waals surface area contributed by atoms with Gasteiger partial charge in [-0.3, -0.25) is 9.59 Å². The van der Waals surface area contributed by atoms with Crippen LogP contribution in [-0.2, 0) is 16.0 Å². The zero-order valence-corrected chi connectivity index (χ0v) is 13.0. The first-order chi connectivity index (χ1) is 9.47. The molecular weight excluding hydrogens is 250 g/mol. The van der Waals surface area contributed by atoms with Crippen LogP contribution in [0.25, 0.3) is 0 Å². The Morgan fingerprint density at radius 3 is 2.45 bits per heavy atom. The maximum absolute atomic E-state index is 12.1. The zero-order valence-electron chi connectivity index (χ0n) is 13.0. The van der Waals surface area contributed by atoms with Crippen LogP contribution in [0.3, 0.4) is 0 Å². The second-order valence-electron chi connectivity index (χ2n) is 5.50. The molecule has 0 saturated carbocycles. The lowest BCUT2D eigenvalue weighted by molar-refractivity contribution is -0.121. The van der Waals surface area contributed by atoms with E-state index in [0.29, 0.717) is 12.8 Å². The number of anilines is 1. The smallest absolute Gasteiger partial charge is 0.229 e. The van der Waals surface area contributed by atoms with Crippen LogP contribution in [0.1, 0.15) is 45.6 Å². The van der Waals surface area contributed by atoms with E-state index in [-0.39, 0.29) is 17.6 Å². The minimum Gasteiger partial charge on any atom is -0.315 e. The molecule has 0 radical (unpaired) electrons. The molecule has 3 nitrogen and oxygen atoms in total. The predicted molar refractivity (Wildman–Crippen MR) is 82.9 cm³/mol. The Kier molecular flexibility index (Phi) is 6.43. The van der Waals surface area contributed by atoms with Gasteiger partial charge in [-0.1, -0.05) is 45.4 Å². The van der Waals surface area contributed by atoms with E-state index in [1.165, 1.54) is 0 Å². The van der Waals surface area contributed by atoms with Crippen LogP contribution >= 0.6 is 0 Å². The van der Waals surface area contributed by atoms with E-state index in [1.54, 1.807) is 11.9 Å². The number of ketones is 1. The van der Waals surface area contributed by atoms with E-state index in [9.17, 15) is 9.59 Å². The normalized spacial score (nSPS) is 10.7. The van der Waals surface area contributed by atoms with Crippen LogP contribution in [0.15, 0.2) is 24.3 Å². The first-order valence-electron chi connectivity index (χ1n) is 7.34. The van der Waals surface area contributed by atoms with Crippen molar-refractivity contribution in [2.75, 3.05) is 11.9 Å². The number of Topliss-reactive ketones (excluding diaryl/α,β-unsaturated/α-hetero) is 1. The van der Waals surface area contributed by atoms with Gasteiger partial charge in [-0.2, -0.15) is 0 Å². The topological polar surface area (TPSA) is 37.4 Å². The maximum Gasteiger partial charge on any atom is 0.229 e. The second-order valence-corrected chi connectivity index (χ2v) is 5.50. The summed E-state index contributed by atoms with van der Waals surface area (Å²) in [5.74, 6) is 0.256. The SMILES string of the molecule is CCCCC(=O)Cc1ccccc1N(C)C(=O)C(C)C. The van der Waals surface area contributed by atoms with Crippen molar-refractivity contribution in [1.29, 1.82) is 0 Å². The molecule has 0 fully saturated rings. The molecule has 0 heterocycles. The fraction of sp³-hybridized carbons (Fsp3) is 0.529. The standard InChI is InChI=1S/C17H25NO2/c1-5-6-10-15(19)12-14-9-7-8-11-16(14)18(4)17(20)13(2)3/h7-9,11,13H,5-6,10,12H2,1-4H3. The number of hydrogen-bond acceptors (Lipinski definition) is 2. The number of benzene rings is 1. The fourth-order valence-corrected chi connectivity index (χ4v) is 2.17. The number of nitrogens with zero attached hydrogens (tertiary/aromatic N) is 1. The van der Waals surface area contributed by atoms with Crippen molar-refractivity contribution >= 4 is 17.4 Å². The summed E-state index contributed by atoms with van der Waals surface area (Å²) >= 11 is 0. The van der Waals surface area contributed by atoms with Crippen LogP contribution in [-0.4, -0.2) is 18.7 Å². The van der Waals surface area contributed by atoms with E-state index in [1.807, 2.05) is 38.1 Å². The van der Waals surface area contributed by atoms with Crippen molar-refractivity contribution in [3.05, 3.63) is 29.8 Å². The van der Waals surface area contributed by atoms with E-state index in [0.717, 1.165) is 24.1 Å². The van der Waals surface area contributed by atoms with Crippen molar-refractivity contribution in [2.24, 2.45) is 5.92 Å². The van der Waals surface area contributed by atoms with Crippen LogP contribution in [0.4, 0.5) is 5.69 Å². The summed E-state index contributed by atoms with van der Waals surface area (Å²) in [4.78, 5) is 25.7. The highest BCUT2D eigenvalue weighted by molar-refractivity contribution is 5.95. The van der Waals surface area contributed by atoms with Gasteiger partial charge in [-0.05, 0) is 18.1 Å². The van der Waals surface area contributed by atoms with Crippen molar-refractivity contribution in [1.82, 2.24) is 0 Å². The molecule has 0 atom stereocenters. The largest absolute Gasteiger partial charge is 0.315 e. The zero-order chi connectivity index (χ0) is 15.1. The number of rotatable bonds is 7. The molecule has 1 aromatic rings. The summed E-state index contributed by atoms with van der Waals surface area (Å²) in [6.45, 7) is 5.85. The average molecular weight is 275 g/mol. The maximum atomic E-state index is 12.1. The summed E-state index contributed by atoms with van der Waals surface area (Å²) in [5, 5.41) is 0. The van der Waals surface area contributed by atoms with Crippen molar-refractivity contribution in [3.8, 4) is 0 Å². The van der Waals surface area contributed by atoms with Gasteiger partial charge in [-0.15, -0.1) is 0 Å². The van der Waals surface area contributed by atoms with Crippen molar-refractivity contribution in [3.63, 3.8) is 0 Å². The molecule has 110 valence electrons. The highest BCUT2D eigenvalue weighted by Gasteiger charge is 2.18. The Bertz CT molecular complexity index is 466. The molecule has 20 heavy (non-hydrogen) atoms. The van der Waals surface area contributed by atoms with Gasteiger partial charge in [0.2, 0.25) is 5.91 Å². The Morgan fingerprint density at radius 2 is 1.85 bits per heavy atom. The molecule has 0 aliphatic heterocycles. The molecule has 1 rings (SSSR count). The second kappa shape index (κ2) is 7.83.